The molecule has 9 heteroatoms. The van der Waals surface area contributed by atoms with Crippen molar-refractivity contribution in [1.29, 1.82) is 0 Å². The lowest BCUT2D eigenvalue weighted by molar-refractivity contribution is -0.140. The summed E-state index contributed by atoms with van der Waals surface area (Å²) in [5, 5.41) is 2.90. The number of sulfonamides is 1. The quantitative estimate of drug-likeness (QED) is 0.436. The van der Waals surface area contributed by atoms with Crippen LogP contribution in [0.15, 0.2) is 54.6 Å². The average molecular weight is 490 g/mol. The first-order valence-corrected chi connectivity index (χ1v) is 13.3. The number of nitrogens with zero attached hydrogens (tertiary/aromatic N) is 2. The lowest BCUT2D eigenvalue weighted by atomic mass is 10.1. The van der Waals surface area contributed by atoms with Crippen molar-refractivity contribution in [2.45, 2.75) is 45.7 Å². The smallest absolute Gasteiger partial charge is 0.244 e. The Balaban J connectivity index is 2.38. The number of ether oxygens (including phenoxy) is 1. The molecule has 2 amide bonds. The van der Waals surface area contributed by atoms with Gasteiger partial charge in [0.05, 0.1) is 19.1 Å². The van der Waals surface area contributed by atoms with Crippen LogP contribution in [0.5, 0.6) is 5.75 Å². The average Bonchev–Trinajstić information content (AvgIpc) is 2.82. The molecule has 0 bridgehead atoms. The molecule has 0 aromatic heterocycles. The number of methoxy groups -OCH3 is 1. The Kier molecular flexibility index (Phi) is 10.4. The predicted octanol–water partition coefficient (Wildman–Crippen LogP) is 3.18. The predicted molar refractivity (Wildman–Crippen MR) is 134 cm³/mol. The standard InChI is InChI=1S/C25H35N3O5S/c1-5-7-16-26-25(30)23(6-2)27(18-20-12-9-8-10-13-20)24(29)19-28(34(4,31)32)21-14-11-15-22(17-21)33-3/h8-15,17,23H,5-7,16,18-19H2,1-4H3,(H,26,30)/t23-/m1/s1. The summed E-state index contributed by atoms with van der Waals surface area (Å²) >= 11 is 0. The molecule has 0 unspecified atom stereocenters. The number of hydrogen-bond acceptors (Lipinski definition) is 5. The second kappa shape index (κ2) is 13.0. The van der Waals surface area contributed by atoms with E-state index in [-0.39, 0.29) is 12.5 Å². The molecule has 1 atom stereocenters. The van der Waals surface area contributed by atoms with Gasteiger partial charge in [0.2, 0.25) is 21.8 Å². The molecule has 0 aliphatic rings. The van der Waals surface area contributed by atoms with E-state index in [0.29, 0.717) is 24.4 Å². The normalized spacial score (nSPS) is 12.0. The fourth-order valence-electron chi connectivity index (χ4n) is 3.59. The van der Waals surface area contributed by atoms with Crippen LogP contribution in [-0.4, -0.2) is 57.6 Å². The maximum atomic E-state index is 13.6. The third kappa shape index (κ3) is 7.76. The van der Waals surface area contributed by atoms with Crippen LogP contribution in [-0.2, 0) is 26.2 Å². The molecule has 0 heterocycles. The first kappa shape index (κ1) is 27.2. The molecule has 0 aliphatic heterocycles. The summed E-state index contributed by atoms with van der Waals surface area (Å²) in [6.07, 6.45) is 3.23. The van der Waals surface area contributed by atoms with Gasteiger partial charge in [-0.3, -0.25) is 13.9 Å². The van der Waals surface area contributed by atoms with Crippen LogP contribution in [0.4, 0.5) is 5.69 Å². The van der Waals surface area contributed by atoms with Gasteiger partial charge in [-0.15, -0.1) is 0 Å². The zero-order chi connectivity index (χ0) is 25.1. The zero-order valence-electron chi connectivity index (χ0n) is 20.4. The molecule has 34 heavy (non-hydrogen) atoms. The van der Waals surface area contributed by atoms with Gasteiger partial charge in [0.1, 0.15) is 18.3 Å². The number of hydrogen-bond donors (Lipinski definition) is 1. The number of benzene rings is 2. The van der Waals surface area contributed by atoms with E-state index in [0.717, 1.165) is 29.0 Å². The topological polar surface area (TPSA) is 96.0 Å². The van der Waals surface area contributed by atoms with Crippen molar-refractivity contribution in [3.63, 3.8) is 0 Å². The van der Waals surface area contributed by atoms with Crippen LogP contribution in [0, 0.1) is 0 Å². The zero-order valence-corrected chi connectivity index (χ0v) is 21.2. The van der Waals surface area contributed by atoms with Crippen molar-refractivity contribution in [2.75, 3.05) is 30.8 Å². The summed E-state index contributed by atoms with van der Waals surface area (Å²) < 4.78 is 31.5. The Morgan fingerprint density at radius 1 is 1.06 bits per heavy atom. The van der Waals surface area contributed by atoms with Gasteiger partial charge in [0.15, 0.2) is 0 Å². The SMILES string of the molecule is CCCCNC(=O)[C@@H](CC)N(Cc1ccccc1)C(=O)CN(c1cccc(OC)c1)S(C)(=O)=O. The maximum absolute atomic E-state index is 13.6. The van der Waals surface area contributed by atoms with E-state index in [1.54, 1.807) is 24.3 Å². The highest BCUT2D eigenvalue weighted by Crippen LogP contribution is 2.24. The van der Waals surface area contributed by atoms with Crippen LogP contribution in [0.2, 0.25) is 0 Å². The van der Waals surface area contributed by atoms with E-state index < -0.39 is 28.5 Å². The Labute approximate surface area is 202 Å². The number of nitrogens with one attached hydrogen (secondary N) is 1. The van der Waals surface area contributed by atoms with Crippen LogP contribution in [0.25, 0.3) is 0 Å². The second-order valence-electron chi connectivity index (χ2n) is 8.05. The number of rotatable bonds is 13. The minimum absolute atomic E-state index is 0.190. The van der Waals surface area contributed by atoms with Gasteiger partial charge < -0.3 is 15.0 Å². The number of amides is 2. The Morgan fingerprint density at radius 3 is 2.35 bits per heavy atom. The van der Waals surface area contributed by atoms with Crippen LogP contribution in [0.1, 0.15) is 38.7 Å². The highest BCUT2D eigenvalue weighted by molar-refractivity contribution is 7.92. The molecule has 1 N–H and O–H groups in total. The number of carbonyl (C=O) groups is 2. The van der Waals surface area contributed by atoms with E-state index in [4.69, 9.17) is 4.74 Å². The number of unbranched alkanes of at least 4 members (excludes halogenated alkanes) is 1. The molecule has 2 aromatic carbocycles. The van der Waals surface area contributed by atoms with Crippen molar-refractivity contribution >= 4 is 27.5 Å². The van der Waals surface area contributed by atoms with Crippen molar-refractivity contribution in [1.82, 2.24) is 10.2 Å². The third-order valence-corrected chi connectivity index (χ3v) is 6.57. The van der Waals surface area contributed by atoms with Crippen LogP contribution in [0.3, 0.4) is 0 Å². The summed E-state index contributed by atoms with van der Waals surface area (Å²) in [5.74, 6) is -0.233. The summed E-state index contributed by atoms with van der Waals surface area (Å²) in [7, 11) is -2.30. The second-order valence-corrected chi connectivity index (χ2v) is 9.95. The van der Waals surface area contributed by atoms with Gasteiger partial charge >= 0.3 is 0 Å². The maximum Gasteiger partial charge on any atom is 0.244 e. The summed E-state index contributed by atoms with van der Waals surface area (Å²) in [4.78, 5) is 28.0. The fraction of sp³-hybridized carbons (Fsp3) is 0.440. The van der Waals surface area contributed by atoms with E-state index in [9.17, 15) is 18.0 Å². The van der Waals surface area contributed by atoms with Gasteiger partial charge in [-0.05, 0) is 30.5 Å². The number of anilines is 1. The van der Waals surface area contributed by atoms with Crippen molar-refractivity contribution in [3.8, 4) is 5.75 Å². The highest BCUT2D eigenvalue weighted by Gasteiger charge is 2.31. The summed E-state index contributed by atoms with van der Waals surface area (Å²) in [6.45, 7) is 4.16. The summed E-state index contributed by atoms with van der Waals surface area (Å²) in [6, 6.07) is 15.1. The van der Waals surface area contributed by atoms with Gasteiger partial charge in [-0.25, -0.2) is 8.42 Å². The first-order valence-electron chi connectivity index (χ1n) is 11.4. The number of carbonyl (C=O) groups excluding carboxylic acids is 2. The molecule has 0 fully saturated rings. The van der Waals surface area contributed by atoms with Gasteiger partial charge in [-0.1, -0.05) is 56.7 Å². The van der Waals surface area contributed by atoms with Crippen LogP contribution < -0.4 is 14.4 Å². The molecule has 0 saturated heterocycles. The molecule has 2 rings (SSSR count). The van der Waals surface area contributed by atoms with Crippen LogP contribution >= 0.6 is 0 Å². The third-order valence-electron chi connectivity index (χ3n) is 5.43. The highest BCUT2D eigenvalue weighted by atomic mass is 32.2. The Morgan fingerprint density at radius 2 is 1.76 bits per heavy atom. The van der Waals surface area contributed by atoms with E-state index in [1.165, 1.54) is 12.0 Å². The van der Waals surface area contributed by atoms with Gasteiger partial charge in [-0.2, -0.15) is 0 Å². The fourth-order valence-corrected chi connectivity index (χ4v) is 4.43. The molecule has 0 spiro atoms. The van der Waals surface area contributed by atoms with E-state index in [1.807, 2.05) is 44.2 Å². The Hall–Kier alpha value is -3.07. The van der Waals surface area contributed by atoms with E-state index >= 15 is 0 Å². The lowest BCUT2D eigenvalue weighted by Gasteiger charge is -2.33. The molecule has 2 aromatic rings. The molecule has 0 saturated carbocycles. The molecule has 186 valence electrons. The lowest BCUT2D eigenvalue weighted by Crippen LogP contribution is -2.52. The molecular weight excluding hydrogens is 454 g/mol. The van der Waals surface area contributed by atoms with Crippen molar-refractivity contribution < 1.29 is 22.7 Å². The minimum Gasteiger partial charge on any atom is -0.497 e. The molecule has 0 aliphatic carbocycles. The largest absolute Gasteiger partial charge is 0.497 e. The monoisotopic (exact) mass is 489 g/mol. The van der Waals surface area contributed by atoms with E-state index in [2.05, 4.69) is 5.32 Å². The van der Waals surface area contributed by atoms with Gasteiger partial charge in [0.25, 0.3) is 0 Å². The van der Waals surface area contributed by atoms with Crippen molar-refractivity contribution in [2.24, 2.45) is 0 Å². The van der Waals surface area contributed by atoms with Crippen molar-refractivity contribution in [3.05, 3.63) is 60.2 Å². The molecule has 8 nitrogen and oxygen atoms in total. The molecule has 0 radical (unpaired) electrons. The first-order chi connectivity index (χ1) is 16.2. The van der Waals surface area contributed by atoms with Gasteiger partial charge in [0, 0.05) is 19.2 Å². The minimum atomic E-state index is -3.78. The molecular formula is C25H35N3O5S. The Bertz CT molecular complexity index is 1040. The summed E-state index contributed by atoms with van der Waals surface area (Å²) in [5.41, 5.74) is 1.17.